The number of carbonyl (C=O) groups is 3. The van der Waals surface area contributed by atoms with Gasteiger partial charge in [0.25, 0.3) is 11.8 Å². The number of amides is 2. The summed E-state index contributed by atoms with van der Waals surface area (Å²) in [5.41, 5.74) is 4.44. The summed E-state index contributed by atoms with van der Waals surface area (Å²) in [5.74, 6) is -1.09. The summed E-state index contributed by atoms with van der Waals surface area (Å²) in [6, 6.07) is 10.5. The van der Waals surface area contributed by atoms with Crippen molar-refractivity contribution in [3.8, 4) is 5.75 Å². The molecule has 0 spiro atoms. The first kappa shape index (κ1) is 24.9. The Kier molecular flexibility index (Phi) is 8.02. The van der Waals surface area contributed by atoms with Crippen molar-refractivity contribution in [3.63, 3.8) is 0 Å². The van der Waals surface area contributed by atoms with Crippen LogP contribution < -0.4 is 10.2 Å². The number of nitrogens with zero attached hydrogens (tertiary/aromatic N) is 1. The van der Waals surface area contributed by atoms with Gasteiger partial charge in [0.05, 0.1) is 13.7 Å². The molecule has 7 nitrogen and oxygen atoms in total. The fourth-order valence-corrected chi connectivity index (χ4v) is 3.56. The summed E-state index contributed by atoms with van der Waals surface area (Å²) < 4.78 is 10.6. The topological polar surface area (TPSA) is 84.9 Å². The molecule has 0 saturated heterocycles. The maximum Gasteiger partial charge on any atom is 0.333 e. The van der Waals surface area contributed by atoms with Gasteiger partial charge in [-0.3, -0.25) is 15.0 Å². The molecule has 0 aromatic heterocycles. The lowest BCUT2D eigenvalue weighted by Crippen LogP contribution is -2.61. The molecule has 0 aliphatic carbocycles. The van der Waals surface area contributed by atoms with Gasteiger partial charge < -0.3 is 9.47 Å². The van der Waals surface area contributed by atoms with E-state index >= 15 is 0 Å². The Bertz CT molecular complexity index is 993. The molecule has 7 heteroatoms. The number of carbonyl (C=O) groups excluding carboxylic acids is 3. The highest BCUT2D eigenvalue weighted by molar-refractivity contribution is 6.02. The first-order chi connectivity index (χ1) is 15.1. The summed E-state index contributed by atoms with van der Waals surface area (Å²) in [4.78, 5) is 39.6. The van der Waals surface area contributed by atoms with E-state index in [1.807, 2.05) is 26.8 Å². The van der Waals surface area contributed by atoms with Gasteiger partial charge in [0.1, 0.15) is 5.75 Å². The third kappa shape index (κ3) is 5.28. The molecule has 0 saturated carbocycles. The second-order valence-corrected chi connectivity index (χ2v) is 8.08. The van der Waals surface area contributed by atoms with Crippen molar-refractivity contribution < 1.29 is 23.9 Å². The summed E-state index contributed by atoms with van der Waals surface area (Å²) in [6.45, 7) is 10.6. The van der Waals surface area contributed by atoms with E-state index in [1.54, 1.807) is 37.3 Å². The van der Waals surface area contributed by atoms with E-state index in [4.69, 9.17) is 9.47 Å². The molecule has 0 radical (unpaired) electrons. The molecular weight excluding hydrogens is 408 g/mol. The molecule has 0 unspecified atom stereocenters. The standard InChI is InChI=1S/C25H32N2O5/c1-8-19-20(11-10-12-21(19)31-7)23(29)27(25(5,6)24(30)32-9-2)26-22(28)18-14-16(3)13-17(4)15-18/h10-15H,8-9H2,1-7H3,(H,26,28). The van der Waals surface area contributed by atoms with Crippen LogP contribution in [-0.4, -0.2) is 42.0 Å². The van der Waals surface area contributed by atoms with Gasteiger partial charge in [-0.25, -0.2) is 9.80 Å². The van der Waals surface area contributed by atoms with Crippen LogP contribution in [0.1, 0.15) is 65.1 Å². The SMILES string of the molecule is CCOC(=O)C(C)(C)N(NC(=O)c1cc(C)cc(C)c1)C(=O)c1cccc(OC)c1CC. The van der Waals surface area contributed by atoms with Gasteiger partial charge in [0.15, 0.2) is 5.54 Å². The number of ether oxygens (including phenoxy) is 2. The van der Waals surface area contributed by atoms with Crippen LogP contribution in [0.15, 0.2) is 36.4 Å². The fourth-order valence-electron chi connectivity index (χ4n) is 3.56. The maximum atomic E-state index is 13.7. The van der Waals surface area contributed by atoms with Crippen molar-refractivity contribution in [3.05, 3.63) is 64.2 Å². The number of esters is 1. The van der Waals surface area contributed by atoms with Crippen molar-refractivity contribution in [2.45, 2.75) is 53.5 Å². The van der Waals surface area contributed by atoms with E-state index in [1.165, 1.54) is 21.0 Å². The number of nitrogens with one attached hydrogen (secondary N) is 1. The van der Waals surface area contributed by atoms with Crippen molar-refractivity contribution in [1.82, 2.24) is 10.4 Å². The molecule has 2 rings (SSSR count). The third-order valence-electron chi connectivity index (χ3n) is 5.17. The summed E-state index contributed by atoms with van der Waals surface area (Å²) in [6.07, 6.45) is 0.532. The molecule has 2 amide bonds. The van der Waals surface area contributed by atoms with Crippen LogP contribution in [0, 0.1) is 13.8 Å². The van der Waals surface area contributed by atoms with Gasteiger partial charge >= 0.3 is 5.97 Å². The lowest BCUT2D eigenvalue weighted by Gasteiger charge is -2.36. The highest BCUT2D eigenvalue weighted by atomic mass is 16.5. The van der Waals surface area contributed by atoms with E-state index in [9.17, 15) is 14.4 Å². The number of hydrogen-bond donors (Lipinski definition) is 1. The Morgan fingerprint density at radius 1 is 1.03 bits per heavy atom. The molecule has 0 heterocycles. The summed E-state index contributed by atoms with van der Waals surface area (Å²) in [7, 11) is 1.53. The minimum Gasteiger partial charge on any atom is -0.496 e. The number of hydrogen-bond acceptors (Lipinski definition) is 5. The van der Waals surface area contributed by atoms with Crippen molar-refractivity contribution in [1.29, 1.82) is 0 Å². The molecule has 0 aliphatic rings. The first-order valence-corrected chi connectivity index (χ1v) is 10.6. The van der Waals surface area contributed by atoms with Crippen LogP contribution in [0.25, 0.3) is 0 Å². The van der Waals surface area contributed by atoms with Gasteiger partial charge in [0.2, 0.25) is 0 Å². The Labute approximate surface area is 189 Å². The zero-order valence-corrected chi connectivity index (χ0v) is 19.9. The molecule has 2 aromatic carbocycles. The summed E-state index contributed by atoms with van der Waals surface area (Å²) >= 11 is 0. The number of benzene rings is 2. The average molecular weight is 441 g/mol. The van der Waals surface area contributed by atoms with Gasteiger partial charge in [-0.05, 0) is 65.3 Å². The number of methoxy groups -OCH3 is 1. The molecule has 2 aromatic rings. The van der Waals surface area contributed by atoms with Crippen molar-refractivity contribution in [2.24, 2.45) is 0 Å². The molecule has 0 aliphatic heterocycles. The Morgan fingerprint density at radius 3 is 2.19 bits per heavy atom. The zero-order valence-electron chi connectivity index (χ0n) is 19.9. The monoisotopic (exact) mass is 440 g/mol. The molecule has 32 heavy (non-hydrogen) atoms. The average Bonchev–Trinajstić information content (AvgIpc) is 2.75. The zero-order chi connectivity index (χ0) is 24.1. The number of hydrazine groups is 1. The first-order valence-electron chi connectivity index (χ1n) is 10.6. The lowest BCUT2D eigenvalue weighted by atomic mass is 9.99. The molecule has 172 valence electrons. The maximum absolute atomic E-state index is 13.7. The summed E-state index contributed by atoms with van der Waals surface area (Å²) in [5, 5.41) is 1.05. The highest BCUT2D eigenvalue weighted by Gasteiger charge is 2.42. The van der Waals surface area contributed by atoms with Gasteiger partial charge in [-0.15, -0.1) is 0 Å². The molecular formula is C25H32N2O5. The van der Waals surface area contributed by atoms with Crippen LogP contribution in [0.4, 0.5) is 0 Å². The minimum absolute atomic E-state index is 0.148. The Balaban J connectivity index is 2.55. The minimum atomic E-state index is -1.46. The van der Waals surface area contributed by atoms with Crippen LogP contribution in [0.2, 0.25) is 0 Å². The largest absolute Gasteiger partial charge is 0.496 e. The van der Waals surface area contributed by atoms with E-state index in [2.05, 4.69) is 5.43 Å². The molecule has 0 atom stereocenters. The lowest BCUT2D eigenvalue weighted by molar-refractivity contribution is -0.155. The fraction of sp³-hybridized carbons (Fsp3) is 0.400. The second-order valence-electron chi connectivity index (χ2n) is 8.08. The normalized spacial score (nSPS) is 11.0. The van der Waals surface area contributed by atoms with Crippen LogP contribution in [0.3, 0.4) is 0 Å². The van der Waals surface area contributed by atoms with Crippen molar-refractivity contribution in [2.75, 3.05) is 13.7 Å². The van der Waals surface area contributed by atoms with Crippen LogP contribution in [0.5, 0.6) is 5.75 Å². The van der Waals surface area contributed by atoms with Gasteiger partial charge in [-0.1, -0.05) is 30.2 Å². The van der Waals surface area contributed by atoms with Crippen molar-refractivity contribution >= 4 is 17.8 Å². The van der Waals surface area contributed by atoms with Gasteiger partial charge in [-0.2, -0.15) is 0 Å². The molecule has 0 fully saturated rings. The Morgan fingerprint density at radius 2 is 1.66 bits per heavy atom. The van der Waals surface area contributed by atoms with Crippen LogP contribution >= 0.6 is 0 Å². The number of rotatable bonds is 7. The predicted molar refractivity (Wildman–Crippen MR) is 123 cm³/mol. The van der Waals surface area contributed by atoms with E-state index in [0.717, 1.165) is 16.1 Å². The van der Waals surface area contributed by atoms with E-state index in [0.29, 0.717) is 28.9 Å². The third-order valence-corrected chi connectivity index (χ3v) is 5.17. The number of aryl methyl sites for hydroxylation is 2. The molecule has 1 N–H and O–H groups in total. The quantitative estimate of drug-likeness (QED) is 0.520. The van der Waals surface area contributed by atoms with E-state index < -0.39 is 23.3 Å². The predicted octanol–water partition coefficient (Wildman–Crippen LogP) is 4.00. The second kappa shape index (κ2) is 10.3. The van der Waals surface area contributed by atoms with E-state index in [-0.39, 0.29) is 6.61 Å². The highest BCUT2D eigenvalue weighted by Crippen LogP contribution is 2.26. The Hall–Kier alpha value is -3.35. The molecule has 0 bridgehead atoms. The smallest absolute Gasteiger partial charge is 0.333 e. The van der Waals surface area contributed by atoms with Gasteiger partial charge in [0, 0.05) is 16.7 Å². The van der Waals surface area contributed by atoms with Crippen LogP contribution in [-0.2, 0) is 16.0 Å².